The second-order valence-electron chi connectivity index (χ2n) is 6.08. The van der Waals surface area contributed by atoms with Crippen LogP contribution in [0.15, 0.2) is 24.3 Å². The number of aromatic nitrogens is 2. The Labute approximate surface area is 132 Å². The van der Waals surface area contributed by atoms with E-state index in [1.165, 1.54) is 0 Å². The van der Waals surface area contributed by atoms with Gasteiger partial charge in [-0.05, 0) is 25.5 Å². The Morgan fingerprint density at radius 2 is 1.73 bits per heavy atom. The number of fused-ring (bicyclic) bond motifs is 1. The molecule has 22 heavy (non-hydrogen) atoms. The predicted octanol–water partition coefficient (Wildman–Crippen LogP) is 1.80. The van der Waals surface area contributed by atoms with Crippen LogP contribution in [0.4, 0.5) is 5.82 Å². The highest BCUT2D eigenvalue weighted by molar-refractivity contribution is 5.76. The second-order valence-corrected chi connectivity index (χ2v) is 6.08. The van der Waals surface area contributed by atoms with Crippen LogP contribution in [-0.2, 0) is 0 Å². The molecule has 0 radical (unpaired) electrons. The molecular weight excluding hydrogens is 274 g/mol. The molecule has 1 aliphatic heterocycles. The summed E-state index contributed by atoms with van der Waals surface area (Å²) in [5.74, 6) is 1.03. The molecule has 1 aromatic heterocycles. The third kappa shape index (κ3) is 3.20. The van der Waals surface area contributed by atoms with Gasteiger partial charge in [-0.1, -0.05) is 19.1 Å². The zero-order valence-corrected chi connectivity index (χ0v) is 13.5. The number of nitrogens with zero attached hydrogens (tertiary/aromatic N) is 4. The lowest BCUT2D eigenvalue weighted by molar-refractivity contribution is 0.240. The normalized spacial score (nSPS) is 17.9. The molecule has 5 nitrogen and oxygen atoms in total. The Morgan fingerprint density at radius 3 is 2.36 bits per heavy atom. The van der Waals surface area contributed by atoms with Crippen molar-refractivity contribution >= 4 is 16.9 Å². The first-order valence-electron chi connectivity index (χ1n) is 8.13. The van der Waals surface area contributed by atoms with Crippen molar-refractivity contribution in [1.82, 2.24) is 14.9 Å². The van der Waals surface area contributed by atoms with Crippen LogP contribution in [0.1, 0.15) is 19.0 Å². The van der Waals surface area contributed by atoms with Crippen molar-refractivity contribution in [1.29, 1.82) is 0 Å². The second kappa shape index (κ2) is 6.58. The van der Waals surface area contributed by atoms with Crippen molar-refractivity contribution in [2.75, 3.05) is 37.6 Å². The largest absolute Gasteiger partial charge is 0.353 e. The highest BCUT2D eigenvalue weighted by Crippen LogP contribution is 2.21. The SMILES string of the molecule is CCC(N)CN1CCN(c2nc3ccccc3nc2C)CC1. The number of benzene rings is 1. The zero-order chi connectivity index (χ0) is 15.5. The van der Waals surface area contributed by atoms with Gasteiger partial charge in [0.25, 0.3) is 0 Å². The van der Waals surface area contributed by atoms with E-state index in [-0.39, 0.29) is 6.04 Å². The van der Waals surface area contributed by atoms with E-state index < -0.39 is 0 Å². The van der Waals surface area contributed by atoms with Crippen LogP contribution >= 0.6 is 0 Å². The number of piperazine rings is 1. The summed E-state index contributed by atoms with van der Waals surface area (Å²) in [6.07, 6.45) is 1.04. The van der Waals surface area contributed by atoms with Crippen molar-refractivity contribution in [3.05, 3.63) is 30.0 Å². The summed E-state index contributed by atoms with van der Waals surface area (Å²) in [5, 5.41) is 0. The lowest BCUT2D eigenvalue weighted by Gasteiger charge is -2.36. The molecule has 118 valence electrons. The Hall–Kier alpha value is -1.72. The van der Waals surface area contributed by atoms with Gasteiger partial charge in [0, 0.05) is 38.8 Å². The van der Waals surface area contributed by atoms with Gasteiger partial charge in [-0.3, -0.25) is 4.90 Å². The van der Waals surface area contributed by atoms with Gasteiger partial charge in [0.2, 0.25) is 0 Å². The van der Waals surface area contributed by atoms with Crippen molar-refractivity contribution < 1.29 is 0 Å². The molecule has 1 aromatic carbocycles. The lowest BCUT2D eigenvalue weighted by Crippen LogP contribution is -2.50. The summed E-state index contributed by atoms with van der Waals surface area (Å²) in [7, 11) is 0. The molecule has 5 heteroatoms. The summed E-state index contributed by atoms with van der Waals surface area (Å²) in [6, 6.07) is 8.35. The van der Waals surface area contributed by atoms with Crippen molar-refractivity contribution in [3.63, 3.8) is 0 Å². The molecule has 2 aromatic rings. The number of nitrogens with two attached hydrogens (primary N) is 1. The highest BCUT2D eigenvalue weighted by atomic mass is 15.3. The average Bonchev–Trinajstić information content (AvgIpc) is 2.55. The van der Waals surface area contributed by atoms with Gasteiger partial charge in [0.05, 0.1) is 16.7 Å². The number of anilines is 1. The van der Waals surface area contributed by atoms with Crippen LogP contribution in [0, 0.1) is 6.92 Å². The fourth-order valence-electron chi connectivity index (χ4n) is 2.98. The molecule has 1 saturated heterocycles. The molecule has 0 aliphatic carbocycles. The van der Waals surface area contributed by atoms with Gasteiger partial charge >= 0.3 is 0 Å². The van der Waals surface area contributed by atoms with Gasteiger partial charge in [0.1, 0.15) is 0 Å². The molecule has 1 aliphatic rings. The first kappa shape index (κ1) is 15.2. The monoisotopic (exact) mass is 299 g/mol. The molecule has 0 bridgehead atoms. The maximum absolute atomic E-state index is 6.06. The molecule has 1 fully saturated rings. The maximum atomic E-state index is 6.06. The fraction of sp³-hybridized carbons (Fsp3) is 0.529. The van der Waals surface area contributed by atoms with E-state index in [9.17, 15) is 0 Å². The fourth-order valence-corrected chi connectivity index (χ4v) is 2.98. The maximum Gasteiger partial charge on any atom is 0.150 e. The summed E-state index contributed by atoms with van der Waals surface area (Å²) in [6.45, 7) is 9.26. The smallest absolute Gasteiger partial charge is 0.150 e. The Bertz CT molecular complexity index is 634. The van der Waals surface area contributed by atoms with Crippen molar-refractivity contribution in [3.8, 4) is 0 Å². The zero-order valence-electron chi connectivity index (χ0n) is 13.5. The number of hydrogen-bond acceptors (Lipinski definition) is 5. The quantitative estimate of drug-likeness (QED) is 0.933. The third-order valence-electron chi connectivity index (χ3n) is 4.41. The molecule has 0 spiro atoms. The Morgan fingerprint density at radius 1 is 1.09 bits per heavy atom. The van der Waals surface area contributed by atoms with Crippen LogP contribution in [0.2, 0.25) is 0 Å². The summed E-state index contributed by atoms with van der Waals surface area (Å²) in [4.78, 5) is 14.3. The van der Waals surface area contributed by atoms with E-state index in [1.807, 2.05) is 31.2 Å². The minimum Gasteiger partial charge on any atom is -0.353 e. The molecule has 2 heterocycles. The molecule has 3 rings (SSSR count). The van der Waals surface area contributed by atoms with Gasteiger partial charge in [-0.25, -0.2) is 9.97 Å². The highest BCUT2D eigenvalue weighted by Gasteiger charge is 2.21. The van der Waals surface area contributed by atoms with Gasteiger partial charge in [0.15, 0.2) is 5.82 Å². The van der Waals surface area contributed by atoms with E-state index >= 15 is 0 Å². The van der Waals surface area contributed by atoms with E-state index in [1.54, 1.807) is 0 Å². The van der Waals surface area contributed by atoms with Crippen LogP contribution in [-0.4, -0.2) is 53.6 Å². The average molecular weight is 299 g/mol. The summed E-state index contributed by atoms with van der Waals surface area (Å²) < 4.78 is 0. The van der Waals surface area contributed by atoms with E-state index in [4.69, 9.17) is 15.7 Å². The van der Waals surface area contributed by atoms with E-state index in [0.29, 0.717) is 0 Å². The van der Waals surface area contributed by atoms with E-state index in [2.05, 4.69) is 16.7 Å². The number of hydrogen-bond donors (Lipinski definition) is 1. The minimum absolute atomic E-state index is 0.286. The lowest BCUT2D eigenvalue weighted by atomic mass is 10.2. The number of aryl methyl sites for hydroxylation is 1. The summed E-state index contributed by atoms with van der Waals surface area (Å²) in [5.41, 5.74) is 9.01. The van der Waals surface area contributed by atoms with Gasteiger partial charge in [-0.15, -0.1) is 0 Å². The van der Waals surface area contributed by atoms with Crippen LogP contribution < -0.4 is 10.6 Å². The van der Waals surface area contributed by atoms with Crippen LogP contribution in [0.3, 0.4) is 0 Å². The van der Waals surface area contributed by atoms with Gasteiger partial charge < -0.3 is 10.6 Å². The molecule has 0 saturated carbocycles. The van der Waals surface area contributed by atoms with Crippen LogP contribution in [0.5, 0.6) is 0 Å². The minimum atomic E-state index is 0.286. The molecular formula is C17H25N5. The summed E-state index contributed by atoms with van der Waals surface area (Å²) >= 11 is 0. The van der Waals surface area contributed by atoms with Crippen molar-refractivity contribution in [2.45, 2.75) is 26.3 Å². The molecule has 1 unspecified atom stereocenters. The first-order chi connectivity index (χ1) is 10.7. The molecule has 1 atom stereocenters. The number of para-hydroxylation sites is 2. The Kier molecular flexibility index (Phi) is 4.55. The topological polar surface area (TPSA) is 58.3 Å². The number of rotatable bonds is 4. The standard InChI is InChI=1S/C17H25N5/c1-3-14(18)12-21-8-10-22(11-9-21)17-13(2)19-15-6-4-5-7-16(15)20-17/h4-7,14H,3,8-12,18H2,1-2H3. The third-order valence-corrected chi connectivity index (χ3v) is 4.41. The van der Waals surface area contributed by atoms with E-state index in [0.717, 1.165) is 61.7 Å². The molecule has 2 N–H and O–H groups in total. The van der Waals surface area contributed by atoms with Gasteiger partial charge in [-0.2, -0.15) is 0 Å². The Balaban J connectivity index is 1.72. The van der Waals surface area contributed by atoms with Crippen molar-refractivity contribution in [2.24, 2.45) is 5.73 Å². The van der Waals surface area contributed by atoms with Crippen LogP contribution in [0.25, 0.3) is 11.0 Å². The molecule has 0 amide bonds. The predicted molar refractivity (Wildman–Crippen MR) is 91.2 cm³/mol. The first-order valence-corrected chi connectivity index (χ1v) is 8.13.